The number of anilines is 1. The molecule has 0 atom stereocenters. The maximum absolute atomic E-state index is 5.95. The van der Waals surface area contributed by atoms with Crippen molar-refractivity contribution in [2.24, 2.45) is 0 Å². The smallest absolute Gasteiger partial charge is 0.0407 e. The Balaban J connectivity index is 2.54. The molecule has 0 fully saturated rings. The summed E-state index contributed by atoms with van der Waals surface area (Å²) in [5.74, 6) is 0. The van der Waals surface area contributed by atoms with Crippen molar-refractivity contribution in [3.63, 3.8) is 0 Å². The van der Waals surface area contributed by atoms with E-state index in [0.29, 0.717) is 0 Å². The van der Waals surface area contributed by atoms with E-state index in [1.165, 1.54) is 57.3 Å². The second-order valence-corrected chi connectivity index (χ2v) is 5.31. The standard InChI is InChI=1S/C16H26ClN/c1-3-5-7-13-18(14-8-6-4-2)16-11-9-15(17)10-12-16/h9-12H,3-8,13-14H2,1-2H3. The molecule has 0 spiro atoms. The van der Waals surface area contributed by atoms with Crippen LogP contribution in [0, 0.1) is 0 Å². The number of nitrogens with zero attached hydrogens (tertiary/aromatic N) is 1. The van der Waals surface area contributed by atoms with Crippen LogP contribution in [-0.2, 0) is 0 Å². The van der Waals surface area contributed by atoms with Gasteiger partial charge in [0.2, 0.25) is 0 Å². The molecule has 0 aliphatic carbocycles. The molecule has 2 heteroatoms. The number of hydrogen-bond acceptors (Lipinski definition) is 1. The molecule has 0 aromatic heterocycles. The molecule has 0 bridgehead atoms. The minimum absolute atomic E-state index is 0.820. The predicted molar refractivity (Wildman–Crippen MR) is 82.7 cm³/mol. The topological polar surface area (TPSA) is 3.24 Å². The molecular formula is C16H26ClN. The van der Waals surface area contributed by atoms with Crippen molar-refractivity contribution in [1.29, 1.82) is 0 Å². The first-order chi connectivity index (χ1) is 8.77. The van der Waals surface area contributed by atoms with Crippen LogP contribution in [0.4, 0.5) is 5.69 Å². The van der Waals surface area contributed by atoms with Crippen LogP contribution in [0.25, 0.3) is 0 Å². The van der Waals surface area contributed by atoms with E-state index in [2.05, 4.69) is 30.9 Å². The van der Waals surface area contributed by atoms with Gasteiger partial charge in [-0.3, -0.25) is 0 Å². The van der Waals surface area contributed by atoms with Crippen LogP contribution in [0.2, 0.25) is 5.02 Å². The summed E-state index contributed by atoms with van der Waals surface area (Å²) < 4.78 is 0. The number of hydrogen-bond donors (Lipinski definition) is 0. The highest BCUT2D eigenvalue weighted by Gasteiger charge is 2.05. The molecule has 0 aliphatic heterocycles. The predicted octanol–water partition coefficient (Wildman–Crippen LogP) is 5.53. The first kappa shape index (κ1) is 15.4. The van der Waals surface area contributed by atoms with Gasteiger partial charge < -0.3 is 4.90 Å². The number of halogens is 1. The lowest BCUT2D eigenvalue weighted by Gasteiger charge is -2.25. The maximum Gasteiger partial charge on any atom is 0.0407 e. The summed E-state index contributed by atoms with van der Waals surface area (Å²) in [7, 11) is 0. The monoisotopic (exact) mass is 267 g/mol. The largest absolute Gasteiger partial charge is 0.372 e. The van der Waals surface area contributed by atoms with E-state index in [1.54, 1.807) is 0 Å². The van der Waals surface area contributed by atoms with Crippen LogP contribution in [0.3, 0.4) is 0 Å². The molecule has 0 heterocycles. The van der Waals surface area contributed by atoms with E-state index in [0.717, 1.165) is 5.02 Å². The summed E-state index contributed by atoms with van der Waals surface area (Å²) in [4.78, 5) is 2.50. The average molecular weight is 268 g/mol. The highest BCUT2D eigenvalue weighted by Crippen LogP contribution is 2.19. The van der Waals surface area contributed by atoms with Crippen LogP contribution in [0.5, 0.6) is 0 Å². The zero-order chi connectivity index (χ0) is 13.2. The molecule has 102 valence electrons. The molecule has 18 heavy (non-hydrogen) atoms. The van der Waals surface area contributed by atoms with Crippen LogP contribution in [0.15, 0.2) is 24.3 Å². The summed E-state index contributed by atoms with van der Waals surface area (Å²) in [5, 5.41) is 0.820. The van der Waals surface area contributed by atoms with Gasteiger partial charge in [0.05, 0.1) is 0 Å². The van der Waals surface area contributed by atoms with Crippen molar-refractivity contribution in [2.75, 3.05) is 18.0 Å². The van der Waals surface area contributed by atoms with E-state index in [9.17, 15) is 0 Å². The fraction of sp³-hybridized carbons (Fsp3) is 0.625. The molecule has 1 nitrogen and oxygen atoms in total. The first-order valence-corrected chi connectivity index (χ1v) is 7.66. The van der Waals surface area contributed by atoms with Crippen LogP contribution in [-0.4, -0.2) is 13.1 Å². The zero-order valence-electron chi connectivity index (χ0n) is 11.8. The second-order valence-electron chi connectivity index (χ2n) is 4.88. The molecule has 0 radical (unpaired) electrons. The Bertz CT molecular complexity index is 297. The first-order valence-electron chi connectivity index (χ1n) is 7.28. The van der Waals surface area contributed by atoms with Crippen LogP contribution >= 0.6 is 11.6 Å². The summed E-state index contributed by atoms with van der Waals surface area (Å²) in [6.07, 6.45) is 7.76. The summed E-state index contributed by atoms with van der Waals surface area (Å²) in [6.45, 7) is 6.84. The molecule has 1 aromatic carbocycles. The van der Waals surface area contributed by atoms with E-state index in [1.807, 2.05) is 12.1 Å². The molecular weight excluding hydrogens is 242 g/mol. The lowest BCUT2D eigenvalue weighted by atomic mass is 10.2. The van der Waals surface area contributed by atoms with Gasteiger partial charge in [0.15, 0.2) is 0 Å². The molecule has 0 aliphatic rings. The van der Waals surface area contributed by atoms with Gasteiger partial charge in [-0.2, -0.15) is 0 Å². The fourth-order valence-electron chi connectivity index (χ4n) is 2.13. The molecule has 1 aromatic rings. The quantitative estimate of drug-likeness (QED) is 0.532. The highest BCUT2D eigenvalue weighted by atomic mass is 35.5. The molecule has 0 saturated carbocycles. The molecule has 0 saturated heterocycles. The van der Waals surface area contributed by atoms with Gasteiger partial charge in [-0.15, -0.1) is 0 Å². The minimum Gasteiger partial charge on any atom is -0.372 e. The Hall–Kier alpha value is -0.690. The number of unbranched alkanes of at least 4 members (excludes halogenated alkanes) is 4. The fourth-order valence-corrected chi connectivity index (χ4v) is 2.25. The number of benzene rings is 1. The van der Waals surface area contributed by atoms with Crippen LogP contribution in [0.1, 0.15) is 52.4 Å². The van der Waals surface area contributed by atoms with Gasteiger partial charge >= 0.3 is 0 Å². The van der Waals surface area contributed by atoms with Crippen LogP contribution < -0.4 is 4.90 Å². The Morgan fingerprint density at radius 3 is 1.78 bits per heavy atom. The molecule has 0 N–H and O–H groups in total. The number of rotatable bonds is 9. The summed E-state index contributed by atoms with van der Waals surface area (Å²) >= 11 is 5.95. The second kappa shape index (κ2) is 9.27. The van der Waals surface area contributed by atoms with Gasteiger partial charge in [-0.1, -0.05) is 51.1 Å². The third-order valence-electron chi connectivity index (χ3n) is 3.25. The van der Waals surface area contributed by atoms with Gasteiger partial charge in [-0.05, 0) is 37.1 Å². The van der Waals surface area contributed by atoms with Gasteiger partial charge in [0, 0.05) is 23.8 Å². The lowest BCUT2D eigenvalue weighted by Crippen LogP contribution is -2.25. The Kier molecular flexibility index (Phi) is 7.91. The normalized spacial score (nSPS) is 10.6. The summed E-state index contributed by atoms with van der Waals surface area (Å²) in [6, 6.07) is 8.26. The van der Waals surface area contributed by atoms with Crippen molar-refractivity contribution in [3.05, 3.63) is 29.3 Å². The van der Waals surface area contributed by atoms with E-state index in [-0.39, 0.29) is 0 Å². The molecule has 0 unspecified atom stereocenters. The van der Waals surface area contributed by atoms with Gasteiger partial charge in [0.1, 0.15) is 0 Å². The lowest BCUT2D eigenvalue weighted by molar-refractivity contribution is 0.636. The summed E-state index contributed by atoms with van der Waals surface area (Å²) in [5.41, 5.74) is 1.31. The van der Waals surface area contributed by atoms with Gasteiger partial charge in [-0.25, -0.2) is 0 Å². The average Bonchev–Trinajstić information content (AvgIpc) is 2.38. The van der Waals surface area contributed by atoms with Crippen molar-refractivity contribution in [3.8, 4) is 0 Å². The van der Waals surface area contributed by atoms with Gasteiger partial charge in [0.25, 0.3) is 0 Å². The molecule has 1 rings (SSSR count). The van der Waals surface area contributed by atoms with E-state index >= 15 is 0 Å². The van der Waals surface area contributed by atoms with Crippen molar-refractivity contribution in [2.45, 2.75) is 52.4 Å². The minimum atomic E-state index is 0.820. The Morgan fingerprint density at radius 2 is 1.33 bits per heavy atom. The van der Waals surface area contributed by atoms with E-state index in [4.69, 9.17) is 11.6 Å². The zero-order valence-corrected chi connectivity index (χ0v) is 12.5. The maximum atomic E-state index is 5.95. The third-order valence-corrected chi connectivity index (χ3v) is 3.51. The highest BCUT2D eigenvalue weighted by molar-refractivity contribution is 6.30. The SMILES string of the molecule is CCCCCN(CCCCC)c1ccc(Cl)cc1. The molecule has 0 amide bonds. The third kappa shape index (κ3) is 5.77. The van der Waals surface area contributed by atoms with Crippen molar-refractivity contribution < 1.29 is 0 Å². The van der Waals surface area contributed by atoms with Crippen molar-refractivity contribution >= 4 is 17.3 Å². The Labute approximate surface area is 117 Å². The Morgan fingerprint density at radius 1 is 0.833 bits per heavy atom. The van der Waals surface area contributed by atoms with Crippen molar-refractivity contribution in [1.82, 2.24) is 0 Å². The van der Waals surface area contributed by atoms with E-state index < -0.39 is 0 Å².